The summed E-state index contributed by atoms with van der Waals surface area (Å²) in [4.78, 5) is 20.3. The number of aromatic nitrogens is 5. The minimum absolute atomic E-state index is 0.0523. The second kappa shape index (κ2) is 8.80. The van der Waals surface area contributed by atoms with Crippen LogP contribution in [0.3, 0.4) is 0 Å². The van der Waals surface area contributed by atoms with E-state index in [4.69, 9.17) is 11.6 Å². The van der Waals surface area contributed by atoms with Gasteiger partial charge in [-0.1, -0.05) is 29.0 Å². The molecule has 7 nitrogen and oxygen atoms in total. The first kappa shape index (κ1) is 22.3. The zero-order valence-electron chi connectivity index (χ0n) is 16.0. The van der Waals surface area contributed by atoms with Gasteiger partial charge in [0.05, 0.1) is 40.3 Å². The molecule has 31 heavy (non-hydrogen) atoms. The molecular formula is C19H15ClF4N6O. The highest BCUT2D eigenvalue weighted by Crippen LogP contribution is 2.36. The average Bonchev–Trinajstić information content (AvgIpc) is 3.12. The maximum Gasteiger partial charge on any atom is 0.417 e. The number of benzene rings is 1. The number of alkyl halides is 3. The van der Waals surface area contributed by atoms with E-state index in [0.29, 0.717) is 11.4 Å². The van der Waals surface area contributed by atoms with Crippen LogP contribution in [0.25, 0.3) is 5.95 Å². The number of hydrogen-bond donors (Lipinski definition) is 1. The summed E-state index contributed by atoms with van der Waals surface area (Å²) in [5.74, 6) is -1.40. The van der Waals surface area contributed by atoms with Gasteiger partial charge in [0, 0.05) is 6.42 Å². The highest BCUT2D eigenvalue weighted by atomic mass is 35.5. The molecular weight excluding hydrogens is 440 g/mol. The summed E-state index contributed by atoms with van der Waals surface area (Å²) in [6.07, 6.45) is -0.966. The highest BCUT2D eigenvalue weighted by Gasteiger charge is 2.35. The minimum Gasteiger partial charge on any atom is -0.344 e. The highest BCUT2D eigenvalue weighted by molar-refractivity contribution is 6.34. The van der Waals surface area contributed by atoms with Gasteiger partial charge in [-0.15, -0.1) is 11.7 Å². The normalized spacial score (nSPS) is 12.5. The third-order valence-corrected chi connectivity index (χ3v) is 4.64. The summed E-state index contributed by atoms with van der Waals surface area (Å²) in [7, 11) is 0. The third-order valence-electron chi connectivity index (χ3n) is 4.23. The fourth-order valence-electron chi connectivity index (χ4n) is 2.82. The smallest absolute Gasteiger partial charge is 0.344 e. The standard InChI is InChI=1S/C19H15ClF4N6O/c1-3-5-14-16(28-29-30(14)18-25-8-11(21)9-26-18)10(2)27-17(31)12-6-4-7-13(15(12)20)19(22,23)24/h3-4,6-10H,1,5H2,2H3,(H,27,31). The molecule has 0 fully saturated rings. The summed E-state index contributed by atoms with van der Waals surface area (Å²) in [5, 5.41) is 9.83. The predicted octanol–water partition coefficient (Wildman–Crippen LogP) is 4.09. The first-order valence-electron chi connectivity index (χ1n) is 8.83. The van der Waals surface area contributed by atoms with Crippen LogP contribution in [0.15, 0.2) is 43.2 Å². The lowest BCUT2D eigenvalue weighted by atomic mass is 10.1. The van der Waals surface area contributed by atoms with E-state index in [0.717, 1.165) is 24.5 Å². The predicted molar refractivity (Wildman–Crippen MR) is 103 cm³/mol. The van der Waals surface area contributed by atoms with Crippen molar-refractivity contribution < 1.29 is 22.4 Å². The van der Waals surface area contributed by atoms with Gasteiger partial charge in [-0.25, -0.2) is 14.4 Å². The van der Waals surface area contributed by atoms with Crippen LogP contribution in [0.5, 0.6) is 0 Å². The van der Waals surface area contributed by atoms with Gasteiger partial charge in [-0.05, 0) is 19.1 Å². The zero-order valence-corrected chi connectivity index (χ0v) is 16.7. The van der Waals surface area contributed by atoms with Crippen molar-refractivity contribution in [1.82, 2.24) is 30.3 Å². The van der Waals surface area contributed by atoms with E-state index >= 15 is 0 Å². The van der Waals surface area contributed by atoms with Crippen molar-refractivity contribution in [3.63, 3.8) is 0 Å². The molecule has 0 aliphatic rings. The third kappa shape index (κ3) is 4.71. The maximum absolute atomic E-state index is 13.1. The molecule has 0 bridgehead atoms. The monoisotopic (exact) mass is 454 g/mol. The van der Waals surface area contributed by atoms with Crippen LogP contribution < -0.4 is 5.32 Å². The Hall–Kier alpha value is -3.34. The van der Waals surface area contributed by atoms with E-state index < -0.39 is 34.5 Å². The Kier molecular flexibility index (Phi) is 6.34. The van der Waals surface area contributed by atoms with Crippen molar-refractivity contribution in [2.24, 2.45) is 0 Å². The van der Waals surface area contributed by atoms with Crippen LogP contribution in [0, 0.1) is 5.82 Å². The lowest BCUT2D eigenvalue weighted by Gasteiger charge is -2.16. The van der Waals surface area contributed by atoms with Crippen LogP contribution in [0.4, 0.5) is 17.6 Å². The summed E-state index contributed by atoms with van der Waals surface area (Å²) in [6, 6.07) is 2.31. The number of amides is 1. The average molecular weight is 455 g/mol. The van der Waals surface area contributed by atoms with Gasteiger partial charge in [0.15, 0.2) is 5.82 Å². The van der Waals surface area contributed by atoms with Crippen molar-refractivity contribution in [2.75, 3.05) is 0 Å². The molecule has 0 spiro atoms. The first-order chi connectivity index (χ1) is 14.6. The van der Waals surface area contributed by atoms with E-state index in [1.807, 2.05) is 0 Å². The van der Waals surface area contributed by atoms with Crippen molar-refractivity contribution in [1.29, 1.82) is 0 Å². The molecule has 2 heterocycles. The summed E-state index contributed by atoms with van der Waals surface area (Å²) < 4.78 is 53.6. The number of carbonyl (C=O) groups is 1. The zero-order chi connectivity index (χ0) is 22.8. The van der Waals surface area contributed by atoms with E-state index in [9.17, 15) is 22.4 Å². The van der Waals surface area contributed by atoms with Crippen LogP contribution in [-0.2, 0) is 12.6 Å². The van der Waals surface area contributed by atoms with E-state index in [1.54, 1.807) is 13.0 Å². The Morgan fingerprint density at radius 3 is 2.61 bits per heavy atom. The molecule has 3 rings (SSSR count). The Balaban J connectivity index is 1.90. The Morgan fingerprint density at radius 1 is 1.32 bits per heavy atom. The van der Waals surface area contributed by atoms with E-state index in [-0.39, 0.29) is 17.9 Å². The van der Waals surface area contributed by atoms with Gasteiger partial charge >= 0.3 is 6.18 Å². The number of hydrogen-bond acceptors (Lipinski definition) is 5. The molecule has 12 heteroatoms. The molecule has 0 saturated carbocycles. The summed E-state index contributed by atoms with van der Waals surface area (Å²) in [5.41, 5.74) is -0.669. The minimum atomic E-state index is -4.70. The fourth-order valence-corrected chi connectivity index (χ4v) is 3.14. The van der Waals surface area contributed by atoms with Gasteiger partial charge < -0.3 is 5.32 Å². The van der Waals surface area contributed by atoms with Gasteiger partial charge in [-0.2, -0.15) is 17.9 Å². The molecule has 1 atom stereocenters. The lowest BCUT2D eigenvalue weighted by Crippen LogP contribution is -2.28. The van der Waals surface area contributed by atoms with Crippen molar-refractivity contribution in [2.45, 2.75) is 25.6 Å². The molecule has 3 aromatic rings. The molecule has 1 aromatic carbocycles. The van der Waals surface area contributed by atoms with Crippen molar-refractivity contribution in [3.8, 4) is 5.95 Å². The number of nitrogens with one attached hydrogen (secondary N) is 1. The molecule has 162 valence electrons. The van der Waals surface area contributed by atoms with Crippen LogP contribution >= 0.6 is 11.6 Å². The number of rotatable bonds is 6. The van der Waals surface area contributed by atoms with Crippen molar-refractivity contribution in [3.05, 3.63) is 76.6 Å². The van der Waals surface area contributed by atoms with Gasteiger partial charge in [0.1, 0.15) is 5.69 Å². The number of nitrogens with zero attached hydrogens (tertiary/aromatic N) is 5. The van der Waals surface area contributed by atoms with Gasteiger partial charge in [0.25, 0.3) is 11.9 Å². The quantitative estimate of drug-likeness (QED) is 0.448. The molecule has 0 saturated heterocycles. The molecule has 0 aliphatic carbocycles. The molecule has 1 amide bonds. The van der Waals surface area contributed by atoms with Crippen LogP contribution in [-0.4, -0.2) is 30.9 Å². The number of allylic oxidation sites excluding steroid dienone is 1. The Bertz CT molecular complexity index is 1110. The van der Waals surface area contributed by atoms with Gasteiger partial charge in [0.2, 0.25) is 0 Å². The first-order valence-corrected chi connectivity index (χ1v) is 9.21. The number of halogens is 5. The van der Waals surface area contributed by atoms with Crippen molar-refractivity contribution >= 4 is 17.5 Å². The van der Waals surface area contributed by atoms with E-state index in [2.05, 4.69) is 32.2 Å². The molecule has 1 unspecified atom stereocenters. The van der Waals surface area contributed by atoms with Gasteiger partial charge in [-0.3, -0.25) is 4.79 Å². The molecule has 0 aliphatic heterocycles. The lowest BCUT2D eigenvalue weighted by molar-refractivity contribution is -0.137. The van der Waals surface area contributed by atoms with Crippen LogP contribution in [0.2, 0.25) is 5.02 Å². The SMILES string of the molecule is C=CCc1c(C(C)NC(=O)c2cccc(C(F)(F)F)c2Cl)nnn1-c1ncc(F)cn1. The van der Waals surface area contributed by atoms with E-state index in [1.165, 1.54) is 10.7 Å². The second-order valence-corrected chi connectivity index (χ2v) is 6.77. The maximum atomic E-state index is 13.1. The number of carbonyl (C=O) groups excluding carboxylic acids is 1. The Labute approximate surface area is 178 Å². The fraction of sp³-hybridized carbons (Fsp3) is 0.211. The topological polar surface area (TPSA) is 85.6 Å². The molecule has 2 aromatic heterocycles. The summed E-state index contributed by atoms with van der Waals surface area (Å²) in [6.45, 7) is 5.23. The largest absolute Gasteiger partial charge is 0.417 e. The summed E-state index contributed by atoms with van der Waals surface area (Å²) >= 11 is 5.82. The van der Waals surface area contributed by atoms with Crippen LogP contribution in [0.1, 0.15) is 40.3 Å². The molecule has 0 radical (unpaired) electrons. The Morgan fingerprint density at radius 2 is 2.00 bits per heavy atom. The second-order valence-electron chi connectivity index (χ2n) is 6.39. The molecule has 1 N–H and O–H groups in total.